The van der Waals surface area contributed by atoms with E-state index in [0.29, 0.717) is 6.54 Å². The first kappa shape index (κ1) is 14.7. The van der Waals surface area contributed by atoms with Gasteiger partial charge in [-0.15, -0.1) is 0 Å². The highest BCUT2D eigenvalue weighted by Crippen LogP contribution is 2.18. The molecule has 5 heteroatoms. The molecule has 4 N–H and O–H groups in total. The van der Waals surface area contributed by atoms with E-state index in [1.165, 1.54) is 0 Å². The summed E-state index contributed by atoms with van der Waals surface area (Å²) in [6, 6.07) is 15.7. The smallest absolute Gasteiger partial charge is 0.170 e. The Kier molecular flexibility index (Phi) is 4.66. The summed E-state index contributed by atoms with van der Waals surface area (Å²) in [6.45, 7) is 0.600. The molecule has 0 aliphatic carbocycles. The van der Waals surface area contributed by atoms with Crippen LogP contribution >= 0.6 is 0 Å². The molecule has 0 radical (unpaired) electrons. The van der Waals surface area contributed by atoms with Crippen molar-refractivity contribution in [2.45, 2.75) is 6.54 Å². The highest BCUT2D eigenvalue weighted by molar-refractivity contribution is 5.98. The molecule has 2 aromatic rings. The normalized spacial score (nSPS) is 11.2. The van der Waals surface area contributed by atoms with E-state index < -0.39 is 0 Å². The van der Waals surface area contributed by atoms with Crippen LogP contribution in [0.1, 0.15) is 11.1 Å². The first-order chi connectivity index (χ1) is 10.1. The van der Waals surface area contributed by atoms with Crippen molar-refractivity contribution in [3.63, 3.8) is 0 Å². The molecule has 0 fully saturated rings. The van der Waals surface area contributed by atoms with Crippen molar-refractivity contribution in [3.8, 4) is 0 Å². The van der Waals surface area contributed by atoms with Gasteiger partial charge in [-0.05, 0) is 23.8 Å². The number of nitrogens with two attached hydrogens (primary N) is 1. The summed E-state index contributed by atoms with van der Waals surface area (Å²) in [5.74, 6) is 0.120. The van der Waals surface area contributed by atoms with Gasteiger partial charge in [-0.2, -0.15) is 0 Å². The van der Waals surface area contributed by atoms with Crippen LogP contribution in [0, 0.1) is 0 Å². The fourth-order valence-corrected chi connectivity index (χ4v) is 2.07. The van der Waals surface area contributed by atoms with Gasteiger partial charge in [0.1, 0.15) is 0 Å². The molecule has 0 bridgehead atoms. The second kappa shape index (κ2) is 6.65. The van der Waals surface area contributed by atoms with Crippen LogP contribution in [-0.2, 0) is 6.54 Å². The van der Waals surface area contributed by atoms with E-state index in [-0.39, 0.29) is 5.84 Å². The Morgan fingerprint density at radius 2 is 1.95 bits per heavy atom. The van der Waals surface area contributed by atoms with Crippen LogP contribution in [0.5, 0.6) is 0 Å². The monoisotopic (exact) mass is 284 g/mol. The van der Waals surface area contributed by atoms with Crippen LogP contribution in [0.15, 0.2) is 53.7 Å². The van der Waals surface area contributed by atoms with Gasteiger partial charge in [0, 0.05) is 37.6 Å². The Balaban J connectivity index is 2.15. The number of nitrogens with one attached hydrogen (secondary N) is 1. The molecule has 2 rings (SSSR count). The lowest BCUT2D eigenvalue weighted by molar-refractivity contribution is 0.318. The van der Waals surface area contributed by atoms with Crippen LogP contribution in [0.3, 0.4) is 0 Å². The van der Waals surface area contributed by atoms with Crippen molar-refractivity contribution in [3.05, 3.63) is 59.7 Å². The van der Waals surface area contributed by atoms with Gasteiger partial charge in [-0.25, -0.2) is 0 Å². The SMILES string of the molecule is CN(C)c1cccc(NCc2ccccc2/C(N)=N/O)c1. The minimum atomic E-state index is 0.120. The zero-order chi connectivity index (χ0) is 15.2. The first-order valence-corrected chi connectivity index (χ1v) is 6.69. The maximum absolute atomic E-state index is 8.83. The van der Waals surface area contributed by atoms with Gasteiger partial charge in [0.25, 0.3) is 0 Å². The highest BCUT2D eigenvalue weighted by Gasteiger charge is 2.06. The molecule has 110 valence electrons. The molecule has 0 saturated heterocycles. The Labute approximate surface area is 124 Å². The number of nitrogens with zero attached hydrogens (tertiary/aromatic N) is 2. The topological polar surface area (TPSA) is 73.9 Å². The summed E-state index contributed by atoms with van der Waals surface area (Å²) in [6.07, 6.45) is 0. The summed E-state index contributed by atoms with van der Waals surface area (Å²) < 4.78 is 0. The molecular formula is C16H20N4O. The number of anilines is 2. The number of rotatable bonds is 5. The Morgan fingerprint density at radius 3 is 2.67 bits per heavy atom. The van der Waals surface area contributed by atoms with E-state index in [4.69, 9.17) is 10.9 Å². The fraction of sp³-hybridized carbons (Fsp3) is 0.188. The van der Waals surface area contributed by atoms with Gasteiger partial charge in [0.05, 0.1) is 0 Å². The molecule has 0 aliphatic heterocycles. The average Bonchev–Trinajstić information content (AvgIpc) is 2.52. The van der Waals surface area contributed by atoms with Gasteiger partial charge in [-0.1, -0.05) is 35.5 Å². The summed E-state index contributed by atoms with van der Waals surface area (Å²) in [4.78, 5) is 2.05. The summed E-state index contributed by atoms with van der Waals surface area (Å²) in [7, 11) is 4.01. The molecular weight excluding hydrogens is 264 g/mol. The first-order valence-electron chi connectivity index (χ1n) is 6.69. The Morgan fingerprint density at radius 1 is 1.19 bits per heavy atom. The largest absolute Gasteiger partial charge is 0.409 e. The van der Waals surface area contributed by atoms with Crippen molar-refractivity contribution in [2.75, 3.05) is 24.3 Å². The minimum absolute atomic E-state index is 0.120. The van der Waals surface area contributed by atoms with Gasteiger partial charge >= 0.3 is 0 Å². The van der Waals surface area contributed by atoms with Gasteiger partial charge < -0.3 is 21.2 Å². The maximum Gasteiger partial charge on any atom is 0.170 e. The van der Waals surface area contributed by atoms with E-state index in [9.17, 15) is 0 Å². The predicted octanol–water partition coefficient (Wildman–Crippen LogP) is 2.46. The lowest BCUT2D eigenvalue weighted by Crippen LogP contribution is -2.16. The molecule has 2 aromatic carbocycles. The van der Waals surface area contributed by atoms with Crippen molar-refractivity contribution in [1.82, 2.24) is 0 Å². The molecule has 0 unspecified atom stereocenters. The highest BCUT2D eigenvalue weighted by atomic mass is 16.4. The third-order valence-electron chi connectivity index (χ3n) is 3.25. The second-order valence-corrected chi connectivity index (χ2v) is 4.94. The Hall–Kier alpha value is -2.69. The van der Waals surface area contributed by atoms with Crippen LogP contribution in [0.25, 0.3) is 0 Å². The predicted molar refractivity (Wildman–Crippen MR) is 87.0 cm³/mol. The van der Waals surface area contributed by atoms with Crippen molar-refractivity contribution < 1.29 is 5.21 Å². The zero-order valence-corrected chi connectivity index (χ0v) is 12.2. The maximum atomic E-state index is 8.83. The number of hydrogen-bond acceptors (Lipinski definition) is 4. The summed E-state index contributed by atoms with van der Waals surface area (Å²) >= 11 is 0. The van der Waals surface area contributed by atoms with Gasteiger partial charge in [-0.3, -0.25) is 0 Å². The molecule has 0 amide bonds. The number of hydrogen-bond donors (Lipinski definition) is 3. The quantitative estimate of drug-likeness (QED) is 0.341. The molecule has 0 aromatic heterocycles. The molecule has 0 heterocycles. The fourth-order valence-electron chi connectivity index (χ4n) is 2.07. The molecule has 5 nitrogen and oxygen atoms in total. The zero-order valence-electron chi connectivity index (χ0n) is 12.2. The number of benzene rings is 2. The van der Waals surface area contributed by atoms with Crippen molar-refractivity contribution in [1.29, 1.82) is 0 Å². The molecule has 0 aliphatic rings. The third kappa shape index (κ3) is 3.66. The van der Waals surface area contributed by atoms with E-state index >= 15 is 0 Å². The molecule has 0 spiro atoms. The summed E-state index contributed by atoms with van der Waals surface area (Å²) in [5, 5.41) is 15.3. The van der Waals surface area contributed by atoms with E-state index in [1.807, 2.05) is 50.5 Å². The van der Waals surface area contributed by atoms with Crippen molar-refractivity contribution in [2.24, 2.45) is 10.9 Å². The van der Waals surface area contributed by atoms with Crippen LogP contribution in [0.4, 0.5) is 11.4 Å². The minimum Gasteiger partial charge on any atom is -0.409 e. The lowest BCUT2D eigenvalue weighted by atomic mass is 10.1. The van der Waals surface area contributed by atoms with Crippen LogP contribution in [-0.4, -0.2) is 25.1 Å². The second-order valence-electron chi connectivity index (χ2n) is 4.94. The molecule has 0 saturated carbocycles. The molecule has 0 atom stereocenters. The number of amidine groups is 1. The van der Waals surface area contributed by atoms with Crippen molar-refractivity contribution >= 4 is 17.2 Å². The number of oxime groups is 1. The average molecular weight is 284 g/mol. The van der Waals surface area contributed by atoms with Gasteiger partial charge in [0.15, 0.2) is 5.84 Å². The van der Waals surface area contributed by atoms with Crippen LogP contribution in [0.2, 0.25) is 0 Å². The van der Waals surface area contributed by atoms with E-state index in [0.717, 1.165) is 22.5 Å². The van der Waals surface area contributed by atoms with E-state index in [1.54, 1.807) is 0 Å². The van der Waals surface area contributed by atoms with E-state index in [2.05, 4.69) is 27.5 Å². The van der Waals surface area contributed by atoms with Gasteiger partial charge in [0.2, 0.25) is 0 Å². The third-order valence-corrected chi connectivity index (χ3v) is 3.25. The standard InChI is InChI=1S/C16H20N4O/c1-20(2)14-8-5-7-13(10-14)18-11-12-6-3-4-9-15(12)16(17)19-21/h3-10,18,21H,11H2,1-2H3,(H2,17,19). The Bertz CT molecular complexity index is 638. The molecule has 21 heavy (non-hydrogen) atoms. The lowest BCUT2D eigenvalue weighted by Gasteiger charge is -2.15. The van der Waals surface area contributed by atoms with Crippen LogP contribution < -0.4 is 16.0 Å². The summed E-state index contributed by atoms with van der Waals surface area (Å²) in [5.41, 5.74) is 9.55.